The van der Waals surface area contributed by atoms with Crippen LogP contribution in [0.1, 0.15) is 19.8 Å². The zero-order valence-electron chi connectivity index (χ0n) is 7.24. The van der Waals surface area contributed by atoms with Gasteiger partial charge in [-0.2, -0.15) is 4.52 Å². The highest BCUT2D eigenvalue weighted by Gasteiger charge is 2.03. The van der Waals surface area contributed by atoms with Crippen LogP contribution in [0.3, 0.4) is 0 Å². The highest BCUT2D eigenvalue weighted by atomic mass is 35.7. The van der Waals surface area contributed by atoms with Gasteiger partial charge in [-0.15, -0.1) is 6.58 Å². The van der Waals surface area contributed by atoms with Crippen molar-refractivity contribution in [3.8, 4) is 0 Å². The van der Waals surface area contributed by atoms with E-state index in [0.717, 1.165) is 25.6 Å². The zero-order chi connectivity index (χ0) is 9.23. The molecule has 5 heteroatoms. The molecule has 70 valence electrons. The summed E-state index contributed by atoms with van der Waals surface area (Å²) in [5, 5.41) is 0. The van der Waals surface area contributed by atoms with Gasteiger partial charge in [0.1, 0.15) is 7.73 Å². The molecular weight excluding hydrogens is 211 g/mol. The molecular formula is C7H14ClNOP2. The molecule has 0 fully saturated rings. The Bertz CT molecular complexity index is 143. The Labute approximate surface area is 81.9 Å². The lowest BCUT2D eigenvalue weighted by Gasteiger charge is -2.08. The summed E-state index contributed by atoms with van der Waals surface area (Å²) in [6.07, 6.45) is 4.86. The first-order valence-corrected chi connectivity index (χ1v) is 7.03. The number of unbranched alkanes of at least 4 members (excludes halogenated alkanes) is 1. The average molecular weight is 226 g/mol. The molecule has 0 aliphatic carbocycles. The minimum Gasteiger partial charge on any atom is -0.337 e. The average Bonchev–Trinajstić information content (AvgIpc) is 2.06. The fourth-order valence-corrected chi connectivity index (χ4v) is 2.72. The molecule has 0 saturated heterocycles. The van der Waals surface area contributed by atoms with E-state index in [1.54, 1.807) is 0 Å². The number of allylic oxidation sites excluding steroid dienone is 1. The number of hydrogen-bond acceptors (Lipinski definition) is 2. The van der Waals surface area contributed by atoms with Gasteiger partial charge in [0.25, 0.3) is 0 Å². The molecule has 0 aromatic heterocycles. The van der Waals surface area contributed by atoms with Gasteiger partial charge in [-0.25, -0.2) is 0 Å². The van der Waals surface area contributed by atoms with E-state index in [0.29, 0.717) is 7.73 Å². The molecule has 0 aliphatic heterocycles. The summed E-state index contributed by atoms with van der Waals surface area (Å²) in [4.78, 5) is 0. The molecule has 0 bridgehead atoms. The van der Waals surface area contributed by atoms with Gasteiger partial charge in [0.05, 0.1) is 6.61 Å². The van der Waals surface area contributed by atoms with Crippen LogP contribution in [0, 0.1) is 0 Å². The Hall–Kier alpha value is 0.520. The van der Waals surface area contributed by atoms with E-state index >= 15 is 0 Å². The SMILES string of the molecule is C=CCP(N=PCl)OCCCC. The van der Waals surface area contributed by atoms with Crippen molar-refractivity contribution in [2.24, 2.45) is 4.52 Å². The second-order valence-electron chi connectivity index (χ2n) is 2.18. The molecule has 2 nitrogen and oxygen atoms in total. The van der Waals surface area contributed by atoms with Crippen LogP contribution in [0.2, 0.25) is 0 Å². The zero-order valence-corrected chi connectivity index (χ0v) is 9.79. The van der Waals surface area contributed by atoms with E-state index in [1.807, 2.05) is 6.08 Å². The van der Waals surface area contributed by atoms with Gasteiger partial charge in [-0.1, -0.05) is 19.4 Å². The highest BCUT2D eigenvalue weighted by molar-refractivity contribution is 7.67. The normalized spacial score (nSPS) is 13.5. The van der Waals surface area contributed by atoms with Crippen molar-refractivity contribution in [2.75, 3.05) is 12.8 Å². The number of rotatable bonds is 7. The van der Waals surface area contributed by atoms with E-state index < -0.39 is 8.30 Å². The van der Waals surface area contributed by atoms with E-state index in [-0.39, 0.29) is 0 Å². The van der Waals surface area contributed by atoms with Crippen molar-refractivity contribution in [1.82, 2.24) is 0 Å². The fourth-order valence-electron chi connectivity index (χ4n) is 0.577. The topological polar surface area (TPSA) is 21.6 Å². The Morgan fingerprint density at radius 1 is 1.75 bits per heavy atom. The highest BCUT2D eigenvalue weighted by Crippen LogP contribution is 2.42. The third-order valence-corrected chi connectivity index (χ3v) is 3.89. The first-order valence-electron chi connectivity index (χ1n) is 3.88. The van der Waals surface area contributed by atoms with Gasteiger partial charge in [0, 0.05) is 6.16 Å². The third kappa shape index (κ3) is 7.18. The van der Waals surface area contributed by atoms with Gasteiger partial charge in [0.2, 0.25) is 0 Å². The summed E-state index contributed by atoms with van der Waals surface area (Å²) >= 11 is 5.45. The lowest BCUT2D eigenvalue weighted by atomic mass is 10.4. The molecule has 0 aromatic carbocycles. The van der Waals surface area contributed by atoms with Crippen LogP contribution in [0.25, 0.3) is 0 Å². The molecule has 12 heavy (non-hydrogen) atoms. The van der Waals surface area contributed by atoms with Gasteiger partial charge < -0.3 is 4.52 Å². The Morgan fingerprint density at radius 3 is 3.00 bits per heavy atom. The van der Waals surface area contributed by atoms with Gasteiger partial charge in [0.15, 0.2) is 8.30 Å². The van der Waals surface area contributed by atoms with E-state index in [2.05, 4.69) is 18.0 Å². The maximum absolute atomic E-state index is 5.50. The van der Waals surface area contributed by atoms with Crippen molar-refractivity contribution < 1.29 is 4.52 Å². The van der Waals surface area contributed by atoms with Crippen LogP contribution in [0.5, 0.6) is 0 Å². The molecule has 0 N–H and O–H groups in total. The molecule has 0 radical (unpaired) electrons. The van der Waals surface area contributed by atoms with E-state index in [9.17, 15) is 0 Å². The van der Waals surface area contributed by atoms with E-state index in [4.69, 9.17) is 15.8 Å². The molecule has 0 amide bonds. The summed E-state index contributed by atoms with van der Waals surface area (Å²) in [6.45, 7) is 6.56. The quantitative estimate of drug-likeness (QED) is 0.353. The fraction of sp³-hybridized carbons (Fsp3) is 0.714. The lowest BCUT2D eigenvalue weighted by molar-refractivity contribution is 0.343. The second-order valence-corrected chi connectivity index (χ2v) is 4.82. The molecule has 0 aromatic rings. The Balaban J connectivity index is 3.55. The summed E-state index contributed by atoms with van der Waals surface area (Å²) in [7, 11) is -0.173. The van der Waals surface area contributed by atoms with Crippen molar-refractivity contribution in [1.29, 1.82) is 0 Å². The molecule has 1 atom stereocenters. The molecule has 0 spiro atoms. The van der Waals surface area contributed by atoms with Crippen molar-refractivity contribution in [3.05, 3.63) is 12.7 Å². The van der Waals surface area contributed by atoms with E-state index in [1.165, 1.54) is 0 Å². The first kappa shape index (κ1) is 12.5. The smallest absolute Gasteiger partial charge is 0.162 e. The van der Waals surface area contributed by atoms with Gasteiger partial charge >= 0.3 is 0 Å². The van der Waals surface area contributed by atoms with Crippen LogP contribution >= 0.6 is 27.3 Å². The van der Waals surface area contributed by atoms with Crippen molar-refractivity contribution >= 4 is 27.3 Å². The maximum Gasteiger partial charge on any atom is 0.162 e. The van der Waals surface area contributed by atoms with Gasteiger partial charge in [-0.3, -0.25) is 0 Å². The minimum atomic E-state index is -0.710. The largest absolute Gasteiger partial charge is 0.337 e. The van der Waals surface area contributed by atoms with Crippen LogP contribution < -0.4 is 0 Å². The first-order chi connectivity index (χ1) is 5.85. The predicted octanol–water partition coefficient (Wildman–Crippen LogP) is 4.58. The molecule has 0 heterocycles. The van der Waals surface area contributed by atoms with Crippen molar-refractivity contribution in [3.63, 3.8) is 0 Å². The monoisotopic (exact) mass is 225 g/mol. The standard InChI is InChI=1S/C7H14ClNOP2/c1-3-5-6-10-12(7-4-2)9-11-8/h4H,2-3,5-7H2,1H3. The summed E-state index contributed by atoms with van der Waals surface area (Å²) in [5.74, 6) is 0. The minimum absolute atomic E-state index is 0.537. The Kier molecular flexibility index (Phi) is 10.0. The summed E-state index contributed by atoms with van der Waals surface area (Å²) in [5.41, 5.74) is 0. The van der Waals surface area contributed by atoms with Crippen LogP contribution in [-0.4, -0.2) is 12.8 Å². The van der Waals surface area contributed by atoms with Crippen LogP contribution in [0.15, 0.2) is 17.2 Å². The van der Waals surface area contributed by atoms with Gasteiger partial charge in [-0.05, 0) is 17.7 Å². The predicted molar refractivity (Wildman–Crippen MR) is 58.0 cm³/mol. The lowest BCUT2D eigenvalue weighted by Crippen LogP contribution is -1.88. The number of nitrogens with zero attached hydrogens (tertiary/aromatic N) is 1. The number of halogens is 1. The summed E-state index contributed by atoms with van der Waals surface area (Å²) < 4.78 is 9.59. The number of hydrogen-bond donors (Lipinski definition) is 0. The second kappa shape index (κ2) is 9.61. The van der Waals surface area contributed by atoms with Crippen LogP contribution in [-0.2, 0) is 4.52 Å². The third-order valence-electron chi connectivity index (χ3n) is 1.16. The molecule has 1 unspecified atom stereocenters. The van der Waals surface area contributed by atoms with Crippen LogP contribution in [0.4, 0.5) is 0 Å². The Morgan fingerprint density at radius 2 is 2.50 bits per heavy atom. The molecule has 0 saturated carbocycles. The molecule has 0 rings (SSSR count). The summed E-state index contributed by atoms with van der Waals surface area (Å²) in [6, 6.07) is 0. The molecule has 0 aliphatic rings. The maximum atomic E-state index is 5.50. The van der Waals surface area contributed by atoms with Crippen molar-refractivity contribution in [2.45, 2.75) is 19.8 Å².